The predicted octanol–water partition coefficient (Wildman–Crippen LogP) is 1.48. The Bertz CT molecular complexity index is 1050. The van der Waals surface area contributed by atoms with E-state index in [9.17, 15) is 9.18 Å². The van der Waals surface area contributed by atoms with Crippen molar-refractivity contribution >= 4 is 23.1 Å². The maximum absolute atomic E-state index is 14.2. The molecule has 0 radical (unpaired) electrons. The minimum atomic E-state index is -0.500. The van der Waals surface area contributed by atoms with E-state index < -0.39 is 11.7 Å². The number of piperidine rings is 1. The van der Waals surface area contributed by atoms with Gasteiger partial charge in [-0.05, 0) is 25.8 Å². The van der Waals surface area contributed by atoms with Crippen molar-refractivity contribution in [3.63, 3.8) is 0 Å². The van der Waals surface area contributed by atoms with E-state index >= 15 is 0 Å². The van der Waals surface area contributed by atoms with Crippen LogP contribution in [0.4, 0.5) is 15.9 Å². The van der Waals surface area contributed by atoms with Crippen molar-refractivity contribution in [1.29, 1.82) is 0 Å². The topological polar surface area (TPSA) is 87.5 Å². The summed E-state index contributed by atoms with van der Waals surface area (Å²) in [6, 6.07) is 1.86. The number of fused-ring (bicyclic) bond motifs is 2. The summed E-state index contributed by atoms with van der Waals surface area (Å²) < 4.78 is 15.7. The van der Waals surface area contributed by atoms with Crippen LogP contribution in [0.15, 0.2) is 30.9 Å². The van der Waals surface area contributed by atoms with Gasteiger partial charge in [0.25, 0.3) is 5.91 Å². The van der Waals surface area contributed by atoms with E-state index in [1.54, 1.807) is 29.9 Å². The van der Waals surface area contributed by atoms with Gasteiger partial charge in [0, 0.05) is 37.6 Å². The zero-order valence-electron chi connectivity index (χ0n) is 15.6. The first kappa shape index (κ1) is 17.1. The number of halogens is 1. The van der Waals surface area contributed by atoms with E-state index in [2.05, 4.69) is 30.5 Å². The Morgan fingerprint density at radius 2 is 2.00 bits per heavy atom. The van der Waals surface area contributed by atoms with Crippen LogP contribution in [0, 0.1) is 24.6 Å². The van der Waals surface area contributed by atoms with Crippen LogP contribution < -0.4 is 15.5 Å². The number of imidazole rings is 1. The third-order valence-electron chi connectivity index (χ3n) is 5.61. The van der Waals surface area contributed by atoms with Gasteiger partial charge in [0.1, 0.15) is 11.5 Å². The molecule has 8 nitrogen and oxygen atoms in total. The Hall–Kier alpha value is -3.07. The second-order valence-electron chi connectivity index (χ2n) is 7.45. The highest BCUT2D eigenvalue weighted by molar-refractivity contribution is 6.02. The fourth-order valence-electron chi connectivity index (χ4n) is 4.19. The molecule has 1 aliphatic heterocycles. The summed E-state index contributed by atoms with van der Waals surface area (Å²) in [6.45, 7) is 3.70. The van der Waals surface area contributed by atoms with Crippen molar-refractivity contribution in [1.82, 2.24) is 24.7 Å². The number of nitrogens with one attached hydrogen (secondary N) is 2. The average molecular weight is 381 g/mol. The lowest BCUT2D eigenvalue weighted by Gasteiger charge is -2.20. The molecule has 5 rings (SSSR count). The summed E-state index contributed by atoms with van der Waals surface area (Å²) in [5.41, 5.74) is 1.44. The van der Waals surface area contributed by atoms with Crippen molar-refractivity contribution in [2.45, 2.75) is 13.0 Å². The molecule has 0 spiro atoms. The molecule has 4 heterocycles. The number of amides is 1. The SMILES string of the molecule is CN[C@H]1[C@@H]2CN(c3cnc(C(=O)Nc4cc(F)c5nc(C)cn5c4)cn3)C[C@@H]21. The molecular formula is C19H20FN7O. The second-order valence-corrected chi connectivity index (χ2v) is 7.45. The van der Waals surface area contributed by atoms with E-state index in [4.69, 9.17) is 0 Å². The van der Waals surface area contributed by atoms with Gasteiger partial charge in [-0.2, -0.15) is 0 Å². The van der Waals surface area contributed by atoms with E-state index in [0.717, 1.165) is 18.9 Å². The van der Waals surface area contributed by atoms with Crippen LogP contribution in [0.25, 0.3) is 5.65 Å². The minimum absolute atomic E-state index is 0.184. The van der Waals surface area contributed by atoms with Gasteiger partial charge in [-0.15, -0.1) is 0 Å². The Morgan fingerprint density at radius 1 is 1.21 bits per heavy atom. The van der Waals surface area contributed by atoms with Crippen molar-refractivity contribution in [3.05, 3.63) is 48.1 Å². The summed E-state index contributed by atoms with van der Waals surface area (Å²) >= 11 is 0. The number of carbonyl (C=O) groups excluding carboxylic acids is 1. The maximum atomic E-state index is 14.2. The third kappa shape index (κ3) is 2.78. The van der Waals surface area contributed by atoms with Gasteiger partial charge in [-0.1, -0.05) is 0 Å². The number of rotatable bonds is 4. The van der Waals surface area contributed by atoms with Gasteiger partial charge in [0.2, 0.25) is 0 Å². The number of pyridine rings is 1. The van der Waals surface area contributed by atoms with Crippen LogP contribution in [0.3, 0.4) is 0 Å². The highest BCUT2D eigenvalue weighted by Gasteiger charge is 2.55. The lowest BCUT2D eigenvalue weighted by Crippen LogP contribution is -2.30. The molecule has 1 aliphatic carbocycles. The van der Waals surface area contributed by atoms with Crippen LogP contribution in [0.5, 0.6) is 0 Å². The van der Waals surface area contributed by atoms with Crippen molar-refractivity contribution in [2.24, 2.45) is 11.8 Å². The summed E-state index contributed by atoms with van der Waals surface area (Å²) in [4.78, 5) is 27.4. The molecule has 3 atom stereocenters. The third-order valence-corrected chi connectivity index (χ3v) is 5.61. The highest BCUT2D eigenvalue weighted by Crippen LogP contribution is 2.46. The molecule has 2 aliphatic rings. The summed E-state index contributed by atoms with van der Waals surface area (Å²) in [5, 5.41) is 5.99. The Balaban J connectivity index is 1.28. The molecule has 1 amide bonds. The molecule has 9 heteroatoms. The number of hydrogen-bond donors (Lipinski definition) is 2. The van der Waals surface area contributed by atoms with Crippen molar-refractivity contribution in [3.8, 4) is 0 Å². The van der Waals surface area contributed by atoms with Gasteiger partial charge >= 0.3 is 0 Å². The zero-order valence-corrected chi connectivity index (χ0v) is 15.6. The molecule has 3 aromatic heterocycles. The van der Waals surface area contributed by atoms with Gasteiger partial charge in [0.15, 0.2) is 11.5 Å². The molecule has 2 fully saturated rings. The number of anilines is 2. The van der Waals surface area contributed by atoms with Gasteiger partial charge in [-0.3, -0.25) is 4.79 Å². The quantitative estimate of drug-likeness (QED) is 0.712. The Labute approximate surface area is 160 Å². The largest absolute Gasteiger partial charge is 0.355 e. The molecular weight excluding hydrogens is 361 g/mol. The maximum Gasteiger partial charge on any atom is 0.275 e. The molecule has 2 N–H and O–H groups in total. The molecule has 0 bridgehead atoms. The van der Waals surface area contributed by atoms with Crippen LogP contribution in [0.2, 0.25) is 0 Å². The Kier molecular flexibility index (Phi) is 3.80. The number of hydrogen-bond acceptors (Lipinski definition) is 6. The molecule has 28 heavy (non-hydrogen) atoms. The molecule has 1 saturated heterocycles. The molecule has 0 aromatic carbocycles. The van der Waals surface area contributed by atoms with Crippen LogP contribution in [-0.4, -0.2) is 51.4 Å². The molecule has 3 aromatic rings. The average Bonchev–Trinajstić information content (AvgIpc) is 3.00. The van der Waals surface area contributed by atoms with Crippen LogP contribution >= 0.6 is 0 Å². The van der Waals surface area contributed by atoms with Crippen LogP contribution in [-0.2, 0) is 0 Å². The monoisotopic (exact) mass is 381 g/mol. The smallest absolute Gasteiger partial charge is 0.275 e. The lowest BCUT2D eigenvalue weighted by atomic mass is 10.3. The number of nitrogens with zero attached hydrogens (tertiary/aromatic N) is 5. The zero-order chi connectivity index (χ0) is 19.4. The van der Waals surface area contributed by atoms with Crippen molar-refractivity contribution in [2.75, 3.05) is 30.4 Å². The van der Waals surface area contributed by atoms with E-state index in [1.807, 2.05) is 7.05 Å². The second kappa shape index (κ2) is 6.23. The van der Waals surface area contributed by atoms with E-state index in [1.165, 1.54) is 12.3 Å². The molecule has 1 saturated carbocycles. The first-order valence-electron chi connectivity index (χ1n) is 9.24. The van der Waals surface area contributed by atoms with Crippen molar-refractivity contribution < 1.29 is 9.18 Å². The summed E-state index contributed by atoms with van der Waals surface area (Å²) in [6.07, 6.45) is 6.40. The fraction of sp³-hybridized carbons (Fsp3) is 0.368. The van der Waals surface area contributed by atoms with Crippen LogP contribution in [0.1, 0.15) is 16.2 Å². The molecule has 144 valence electrons. The summed E-state index contributed by atoms with van der Waals surface area (Å²) in [5.74, 6) is 1.19. The first-order chi connectivity index (χ1) is 13.5. The standard InChI is InChI=1S/C19H20FN7O/c1-10-6-27-7-11(3-14(20)18(27)24-10)25-19(28)15-4-23-16(5-22-15)26-8-12-13(9-26)17(12)21-2/h3-7,12-13,17,21H,8-9H2,1-2H3,(H,25,28)/t12-,13+,17+. The number of aryl methyl sites for hydroxylation is 1. The number of aromatic nitrogens is 4. The fourth-order valence-corrected chi connectivity index (χ4v) is 4.19. The lowest BCUT2D eigenvalue weighted by molar-refractivity contribution is 0.102. The molecule has 0 unspecified atom stereocenters. The first-order valence-corrected chi connectivity index (χ1v) is 9.24. The summed E-state index contributed by atoms with van der Waals surface area (Å²) in [7, 11) is 2.00. The predicted molar refractivity (Wildman–Crippen MR) is 102 cm³/mol. The normalized spacial score (nSPS) is 23.1. The van der Waals surface area contributed by atoms with E-state index in [-0.39, 0.29) is 11.3 Å². The van der Waals surface area contributed by atoms with E-state index in [0.29, 0.717) is 29.3 Å². The van der Waals surface area contributed by atoms with Gasteiger partial charge < -0.3 is 19.9 Å². The Morgan fingerprint density at radius 3 is 2.68 bits per heavy atom. The minimum Gasteiger partial charge on any atom is -0.355 e. The number of carbonyl (C=O) groups is 1. The van der Waals surface area contributed by atoms with Gasteiger partial charge in [0.05, 0.1) is 23.8 Å². The van der Waals surface area contributed by atoms with Gasteiger partial charge in [-0.25, -0.2) is 19.3 Å². The highest BCUT2D eigenvalue weighted by atomic mass is 19.1.